The van der Waals surface area contributed by atoms with Gasteiger partial charge in [-0.2, -0.15) is 0 Å². The molecule has 7 heteroatoms. The molecule has 188 valence electrons. The van der Waals surface area contributed by atoms with Crippen LogP contribution >= 0.6 is 0 Å². The van der Waals surface area contributed by atoms with Gasteiger partial charge in [-0.25, -0.2) is 0 Å². The molecule has 0 amide bonds. The molecule has 4 heterocycles. The minimum atomic E-state index is -0.198. The normalized spacial score (nSPS) is 26.3. The number of hydrogen-bond donors (Lipinski definition) is 0. The lowest BCUT2D eigenvalue weighted by Crippen LogP contribution is -2.47. The van der Waals surface area contributed by atoms with Gasteiger partial charge in [-0.15, -0.1) is 0 Å². The Balaban J connectivity index is 1.12. The zero-order chi connectivity index (χ0) is 23.5. The van der Waals surface area contributed by atoms with Crippen LogP contribution in [0.2, 0.25) is 0 Å². The summed E-state index contributed by atoms with van der Waals surface area (Å²) in [5, 5.41) is 0. The van der Waals surface area contributed by atoms with Crippen molar-refractivity contribution in [1.82, 2.24) is 9.80 Å². The summed E-state index contributed by atoms with van der Waals surface area (Å²) in [5.74, 6) is 0.0769. The van der Waals surface area contributed by atoms with Crippen LogP contribution in [0.1, 0.15) is 38.2 Å². The van der Waals surface area contributed by atoms with Crippen molar-refractivity contribution in [3.8, 4) is 0 Å². The van der Waals surface area contributed by atoms with Crippen molar-refractivity contribution in [2.24, 2.45) is 5.41 Å². The number of carbonyl (C=O) groups excluding carboxylic acids is 1. The van der Waals surface area contributed by atoms with Crippen LogP contribution < -0.4 is 9.80 Å². The molecule has 5 rings (SSSR count). The van der Waals surface area contributed by atoms with E-state index in [0.29, 0.717) is 0 Å². The largest absolute Gasteiger partial charge is 0.462 e. The van der Waals surface area contributed by atoms with Crippen molar-refractivity contribution >= 4 is 17.3 Å². The molecular formula is C27H42N4O3. The lowest BCUT2D eigenvalue weighted by atomic mass is 9.76. The Hall–Kier alpha value is -1.83. The van der Waals surface area contributed by atoms with Gasteiger partial charge in [-0.1, -0.05) is 13.0 Å². The Bertz CT molecular complexity index is 840. The summed E-state index contributed by atoms with van der Waals surface area (Å²) in [5.41, 5.74) is 3.83. The SMILES string of the molecule is CCN1CCC2(CC1)CC(CCN1CCN(c3ccc(C)cc3N3CCOCC3)CC1)OC2=O. The number of cyclic esters (lactones) is 1. The first kappa shape index (κ1) is 23.9. The number of benzene rings is 1. The van der Waals surface area contributed by atoms with E-state index in [1.807, 2.05) is 0 Å². The number of aryl methyl sites for hydroxylation is 1. The van der Waals surface area contributed by atoms with Crippen molar-refractivity contribution in [1.29, 1.82) is 0 Å². The third kappa shape index (κ3) is 5.07. The Morgan fingerprint density at radius 3 is 2.32 bits per heavy atom. The molecule has 4 aliphatic heterocycles. The predicted octanol–water partition coefficient (Wildman–Crippen LogP) is 2.76. The first-order chi connectivity index (χ1) is 16.6. The van der Waals surface area contributed by atoms with Crippen LogP contribution in [0.25, 0.3) is 0 Å². The summed E-state index contributed by atoms with van der Waals surface area (Å²) in [7, 11) is 0. The molecule has 4 aliphatic rings. The molecule has 0 aromatic heterocycles. The van der Waals surface area contributed by atoms with Crippen LogP contribution in [0, 0.1) is 12.3 Å². The summed E-state index contributed by atoms with van der Waals surface area (Å²) < 4.78 is 11.5. The molecule has 1 spiro atoms. The Morgan fingerprint density at radius 1 is 0.912 bits per heavy atom. The molecular weight excluding hydrogens is 428 g/mol. The second-order valence-corrected chi connectivity index (χ2v) is 10.7. The number of ether oxygens (including phenoxy) is 2. The van der Waals surface area contributed by atoms with E-state index in [1.165, 1.54) is 16.9 Å². The molecule has 0 radical (unpaired) electrons. The van der Waals surface area contributed by atoms with Gasteiger partial charge < -0.3 is 24.2 Å². The van der Waals surface area contributed by atoms with E-state index in [1.54, 1.807) is 0 Å². The number of rotatable bonds is 6. The number of carbonyl (C=O) groups is 1. The van der Waals surface area contributed by atoms with Gasteiger partial charge >= 0.3 is 5.97 Å². The fraction of sp³-hybridized carbons (Fsp3) is 0.741. The van der Waals surface area contributed by atoms with Gasteiger partial charge in [-0.3, -0.25) is 9.69 Å². The lowest BCUT2D eigenvalue weighted by molar-refractivity contribution is -0.151. The van der Waals surface area contributed by atoms with Crippen molar-refractivity contribution in [3.63, 3.8) is 0 Å². The highest BCUT2D eigenvalue weighted by atomic mass is 16.6. The summed E-state index contributed by atoms with van der Waals surface area (Å²) in [6.45, 7) is 16.3. The number of likely N-dealkylation sites (tertiary alicyclic amines) is 1. The maximum Gasteiger partial charge on any atom is 0.312 e. The standard InChI is InChI=1S/C27H42N4O3/c1-3-28-10-7-27(8-11-28)21-23(34-26(27)32)6-9-29-12-14-30(15-13-29)24-5-4-22(2)20-25(24)31-16-18-33-19-17-31/h4-5,20,23H,3,6-19,21H2,1-2H3. The number of esters is 1. The van der Waals surface area contributed by atoms with Gasteiger partial charge in [-0.05, 0) is 63.5 Å². The maximum atomic E-state index is 12.7. The monoisotopic (exact) mass is 470 g/mol. The van der Waals surface area contributed by atoms with E-state index >= 15 is 0 Å². The van der Waals surface area contributed by atoms with Gasteiger partial charge in [0.15, 0.2) is 0 Å². The van der Waals surface area contributed by atoms with Crippen LogP contribution in [0.4, 0.5) is 11.4 Å². The summed E-state index contributed by atoms with van der Waals surface area (Å²) in [4.78, 5) is 22.8. The fourth-order valence-corrected chi connectivity index (χ4v) is 6.20. The fourth-order valence-electron chi connectivity index (χ4n) is 6.20. The van der Waals surface area contributed by atoms with E-state index in [0.717, 1.165) is 104 Å². The minimum absolute atomic E-state index is 0.0769. The van der Waals surface area contributed by atoms with Crippen molar-refractivity contribution in [2.45, 2.75) is 45.6 Å². The third-order valence-corrected chi connectivity index (χ3v) is 8.55. The van der Waals surface area contributed by atoms with Crippen LogP contribution in [0.3, 0.4) is 0 Å². The van der Waals surface area contributed by atoms with Crippen molar-refractivity contribution in [3.05, 3.63) is 23.8 Å². The Kier molecular flexibility index (Phi) is 7.32. The number of piperidine rings is 1. The quantitative estimate of drug-likeness (QED) is 0.593. The smallest absolute Gasteiger partial charge is 0.312 e. The molecule has 1 atom stereocenters. The van der Waals surface area contributed by atoms with Crippen LogP contribution in [-0.2, 0) is 14.3 Å². The first-order valence-electron chi connectivity index (χ1n) is 13.4. The summed E-state index contributed by atoms with van der Waals surface area (Å²) in [6, 6.07) is 6.88. The topological polar surface area (TPSA) is 48.5 Å². The van der Waals surface area contributed by atoms with E-state index in [-0.39, 0.29) is 17.5 Å². The molecule has 4 fully saturated rings. The average Bonchev–Trinajstić information content (AvgIpc) is 3.18. The minimum Gasteiger partial charge on any atom is -0.462 e. The highest BCUT2D eigenvalue weighted by Gasteiger charge is 2.50. The number of hydrogen-bond acceptors (Lipinski definition) is 7. The third-order valence-electron chi connectivity index (χ3n) is 8.55. The molecule has 4 saturated heterocycles. The predicted molar refractivity (Wildman–Crippen MR) is 136 cm³/mol. The van der Waals surface area contributed by atoms with Gasteiger partial charge in [0.05, 0.1) is 30.0 Å². The highest BCUT2D eigenvalue weighted by Crippen LogP contribution is 2.44. The second kappa shape index (κ2) is 10.4. The molecule has 34 heavy (non-hydrogen) atoms. The Labute approximate surface area is 204 Å². The molecule has 1 aromatic rings. The lowest BCUT2D eigenvalue weighted by Gasteiger charge is -2.39. The van der Waals surface area contributed by atoms with Gasteiger partial charge in [0, 0.05) is 52.2 Å². The number of anilines is 2. The number of piperazine rings is 1. The summed E-state index contributed by atoms with van der Waals surface area (Å²) in [6.07, 6.45) is 3.93. The molecule has 1 aromatic carbocycles. The second-order valence-electron chi connectivity index (χ2n) is 10.7. The van der Waals surface area contributed by atoms with Crippen LogP contribution in [-0.4, -0.2) is 101 Å². The number of morpholine rings is 1. The van der Waals surface area contributed by atoms with Crippen LogP contribution in [0.5, 0.6) is 0 Å². The van der Waals surface area contributed by atoms with E-state index in [4.69, 9.17) is 9.47 Å². The van der Waals surface area contributed by atoms with Crippen LogP contribution in [0.15, 0.2) is 18.2 Å². The van der Waals surface area contributed by atoms with Crippen molar-refractivity contribution < 1.29 is 14.3 Å². The van der Waals surface area contributed by atoms with Crippen molar-refractivity contribution in [2.75, 3.05) is 88.5 Å². The van der Waals surface area contributed by atoms with E-state index in [9.17, 15) is 4.79 Å². The van der Waals surface area contributed by atoms with Gasteiger partial charge in [0.1, 0.15) is 6.10 Å². The zero-order valence-corrected chi connectivity index (χ0v) is 21.1. The number of nitrogens with zero attached hydrogens (tertiary/aromatic N) is 4. The summed E-state index contributed by atoms with van der Waals surface area (Å²) >= 11 is 0. The average molecular weight is 471 g/mol. The van der Waals surface area contributed by atoms with E-state index < -0.39 is 0 Å². The molecule has 0 aliphatic carbocycles. The molecule has 0 saturated carbocycles. The van der Waals surface area contributed by atoms with Gasteiger partial charge in [0.2, 0.25) is 0 Å². The zero-order valence-electron chi connectivity index (χ0n) is 21.1. The Morgan fingerprint density at radius 2 is 1.62 bits per heavy atom. The maximum absolute atomic E-state index is 12.7. The molecule has 7 nitrogen and oxygen atoms in total. The van der Waals surface area contributed by atoms with Gasteiger partial charge in [0.25, 0.3) is 0 Å². The van der Waals surface area contributed by atoms with E-state index in [2.05, 4.69) is 51.6 Å². The first-order valence-corrected chi connectivity index (χ1v) is 13.4. The highest BCUT2D eigenvalue weighted by molar-refractivity contribution is 5.79. The molecule has 1 unspecified atom stereocenters. The molecule has 0 N–H and O–H groups in total. The molecule has 0 bridgehead atoms.